The number of rotatable bonds is 3. The van der Waals surface area contributed by atoms with Crippen molar-refractivity contribution in [1.82, 2.24) is 9.80 Å². The summed E-state index contributed by atoms with van der Waals surface area (Å²) < 4.78 is 5.26. The van der Waals surface area contributed by atoms with E-state index in [4.69, 9.17) is 10.00 Å². The largest absolute Gasteiger partial charge is 0.496 e. The molecular weight excluding hydrogens is 330 g/mol. The molecule has 0 radical (unpaired) electrons. The van der Waals surface area contributed by atoms with E-state index in [1.807, 2.05) is 12.1 Å². The Morgan fingerprint density at radius 1 is 0.962 bits per heavy atom. The molecule has 0 unspecified atom stereocenters. The molecule has 0 spiro atoms. The predicted molar refractivity (Wildman–Crippen MR) is 96.0 cm³/mol. The molecule has 132 valence electrons. The van der Waals surface area contributed by atoms with Crippen LogP contribution >= 0.6 is 0 Å². The fourth-order valence-corrected chi connectivity index (χ4v) is 3.01. The lowest BCUT2D eigenvalue weighted by molar-refractivity contribution is 0.0533. The molecule has 0 aromatic heterocycles. The number of para-hydroxylation sites is 1. The molecule has 1 saturated heterocycles. The molecule has 1 fully saturated rings. The quantitative estimate of drug-likeness (QED) is 0.851. The average molecular weight is 349 g/mol. The summed E-state index contributed by atoms with van der Waals surface area (Å²) in [6, 6.07) is 15.8. The third kappa shape index (κ3) is 3.52. The van der Waals surface area contributed by atoms with Gasteiger partial charge >= 0.3 is 0 Å². The van der Waals surface area contributed by atoms with Crippen LogP contribution in [0.3, 0.4) is 0 Å². The number of nitriles is 1. The van der Waals surface area contributed by atoms with Crippen molar-refractivity contribution in [2.45, 2.75) is 0 Å². The zero-order valence-corrected chi connectivity index (χ0v) is 14.5. The zero-order valence-electron chi connectivity index (χ0n) is 14.5. The van der Waals surface area contributed by atoms with Gasteiger partial charge < -0.3 is 14.5 Å². The molecule has 2 aromatic carbocycles. The summed E-state index contributed by atoms with van der Waals surface area (Å²) in [4.78, 5) is 28.8. The molecule has 0 atom stereocenters. The zero-order chi connectivity index (χ0) is 18.5. The van der Waals surface area contributed by atoms with Crippen LogP contribution in [0, 0.1) is 11.3 Å². The molecule has 2 amide bonds. The normalized spacial score (nSPS) is 13.8. The second kappa shape index (κ2) is 7.70. The highest BCUT2D eigenvalue weighted by Crippen LogP contribution is 2.20. The lowest BCUT2D eigenvalue weighted by Gasteiger charge is -2.35. The van der Waals surface area contributed by atoms with E-state index in [0.717, 1.165) is 0 Å². The summed E-state index contributed by atoms with van der Waals surface area (Å²) >= 11 is 0. The van der Waals surface area contributed by atoms with Gasteiger partial charge in [-0.1, -0.05) is 18.2 Å². The Morgan fingerprint density at radius 3 is 2.27 bits per heavy atom. The molecule has 0 N–H and O–H groups in total. The molecule has 1 heterocycles. The molecular formula is C20H19N3O3. The molecule has 0 bridgehead atoms. The van der Waals surface area contributed by atoms with Gasteiger partial charge in [0.25, 0.3) is 11.8 Å². The van der Waals surface area contributed by atoms with Gasteiger partial charge in [-0.05, 0) is 30.3 Å². The minimum Gasteiger partial charge on any atom is -0.496 e. The smallest absolute Gasteiger partial charge is 0.257 e. The Morgan fingerprint density at radius 2 is 1.62 bits per heavy atom. The molecule has 26 heavy (non-hydrogen) atoms. The van der Waals surface area contributed by atoms with Gasteiger partial charge in [0.05, 0.1) is 24.3 Å². The van der Waals surface area contributed by atoms with Gasteiger partial charge in [0.15, 0.2) is 0 Å². The number of ether oxygens (including phenoxy) is 1. The number of hydrogen-bond acceptors (Lipinski definition) is 4. The summed E-state index contributed by atoms with van der Waals surface area (Å²) in [6.07, 6.45) is 0. The first-order valence-corrected chi connectivity index (χ1v) is 8.36. The van der Waals surface area contributed by atoms with Crippen molar-refractivity contribution >= 4 is 11.8 Å². The van der Waals surface area contributed by atoms with Crippen LogP contribution in [-0.2, 0) is 0 Å². The minimum atomic E-state index is -0.119. The van der Waals surface area contributed by atoms with Crippen LogP contribution in [0.1, 0.15) is 26.3 Å². The Bertz CT molecular complexity index is 865. The van der Waals surface area contributed by atoms with E-state index in [9.17, 15) is 9.59 Å². The van der Waals surface area contributed by atoms with Crippen molar-refractivity contribution in [3.63, 3.8) is 0 Å². The lowest BCUT2D eigenvalue weighted by Crippen LogP contribution is -2.50. The second-order valence-electron chi connectivity index (χ2n) is 5.98. The molecule has 1 aliphatic rings. The summed E-state index contributed by atoms with van der Waals surface area (Å²) in [6.45, 7) is 1.83. The molecule has 3 rings (SSSR count). The molecule has 1 aliphatic heterocycles. The van der Waals surface area contributed by atoms with Crippen LogP contribution in [-0.4, -0.2) is 54.9 Å². The lowest BCUT2D eigenvalue weighted by atomic mass is 10.1. The Labute approximate surface area is 152 Å². The first-order valence-electron chi connectivity index (χ1n) is 8.36. The van der Waals surface area contributed by atoms with E-state index in [-0.39, 0.29) is 11.8 Å². The van der Waals surface area contributed by atoms with Crippen LogP contribution in [0.4, 0.5) is 0 Å². The summed E-state index contributed by atoms with van der Waals surface area (Å²) in [5.74, 6) is 0.330. The van der Waals surface area contributed by atoms with E-state index >= 15 is 0 Å². The van der Waals surface area contributed by atoms with Gasteiger partial charge in [-0.2, -0.15) is 5.26 Å². The Hall–Kier alpha value is -3.33. The summed E-state index contributed by atoms with van der Waals surface area (Å²) in [7, 11) is 1.54. The van der Waals surface area contributed by atoms with Gasteiger partial charge in [0, 0.05) is 31.7 Å². The first-order chi connectivity index (χ1) is 12.6. The Balaban J connectivity index is 1.66. The van der Waals surface area contributed by atoms with Gasteiger partial charge in [0.2, 0.25) is 0 Å². The predicted octanol–water partition coefficient (Wildman–Crippen LogP) is 2.17. The van der Waals surface area contributed by atoms with E-state index < -0.39 is 0 Å². The van der Waals surface area contributed by atoms with E-state index in [2.05, 4.69) is 0 Å². The number of nitrogens with zero attached hydrogens (tertiary/aromatic N) is 3. The van der Waals surface area contributed by atoms with Gasteiger partial charge in [-0.15, -0.1) is 0 Å². The maximum absolute atomic E-state index is 12.7. The van der Waals surface area contributed by atoms with Gasteiger partial charge in [-0.25, -0.2) is 0 Å². The highest BCUT2D eigenvalue weighted by Gasteiger charge is 2.26. The fourth-order valence-electron chi connectivity index (χ4n) is 3.01. The third-order valence-corrected chi connectivity index (χ3v) is 4.43. The highest BCUT2D eigenvalue weighted by molar-refractivity contribution is 5.97. The van der Waals surface area contributed by atoms with Crippen molar-refractivity contribution in [2.24, 2.45) is 0 Å². The number of carbonyl (C=O) groups is 2. The summed E-state index contributed by atoms with van der Waals surface area (Å²) in [5.41, 5.74) is 1.48. The minimum absolute atomic E-state index is 0.0963. The van der Waals surface area contributed by atoms with Crippen LogP contribution in [0.5, 0.6) is 5.75 Å². The highest BCUT2D eigenvalue weighted by atomic mass is 16.5. The fraction of sp³-hybridized carbons (Fsp3) is 0.250. The van der Waals surface area contributed by atoms with Crippen LogP contribution in [0.15, 0.2) is 48.5 Å². The number of carbonyl (C=O) groups excluding carboxylic acids is 2. The number of benzene rings is 2. The number of piperazine rings is 1. The topological polar surface area (TPSA) is 73.6 Å². The van der Waals surface area contributed by atoms with E-state index in [0.29, 0.717) is 48.6 Å². The second-order valence-corrected chi connectivity index (χ2v) is 5.98. The maximum Gasteiger partial charge on any atom is 0.257 e. The molecule has 2 aromatic rings. The van der Waals surface area contributed by atoms with E-state index in [1.165, 1.54) is 7.11 Å². The number of methoxy groups -OCH3 is 1. The monoisotopic (exact) mass is 349 g/mol. The first kappa shape index (κ1) is 17.5. The van der Waals surface area contributed by atoms with Crippen LogP contribution in [0.25, 0.3) is 0 Å². The van der Waals surface area contributed by atoms with Gasteiger partial charge in [-0.3, -0.25) is 9.59 Å². The number of hydrogen-bond donors (Lipinski definition) is 0. The van der Waals surface area contributed by atoms with Crippen molar-refractivity contribution in [3.8, 4) is 11.8 Å². The maximum atomic E-state index is 12.7. The average Bonchev–Trinajstić information content (AvgIpc) is 2.72. The van der Waals surface area contributed by atoms with E-state index in [1.54, 1.807) is 52.3 Å². The van der Waals surface area contributed by atoms with Gasteiger partial charge in [0.1, 0.15) is 5.75 Å². The van der Waals surface area contributed by atoms with Crippen molar-refractivity contribution in [3.05, 3.63) is 65.2 Å². The van der Waals surface area contributed by atoms with Crippen molar-refractivity contribution in [1.29, 1.82) is 5.26 Å². The molecule has 0 saturated carbocycles. The van der Waals surface area contributed by atoms with Crippen LogP contribution < -0.4 is 4.74 Å². The van der Waals surface area contributed by atoms with Crippen molar-refractivity contribution < 1.29 is 14.3 Å². The SMILES string of the molecule is COc1ccccc1C(=O)N1CCN(C(=O)c2cccc(C#N)c2)CC1. The Kier molecular flexibility index (Phi) is 5.18. The number of amides is 2. The molecule has 6 nitrogen and oxygen atoms in total. The molecule has 6 heteroatoms. The standard InChI is InChI=1S/C20H19N3O3/c1-26-18-8-3-2-7-17(18)20(25)23-11-9-22(10-12-23)19(24)16-6-4-5-15(13-16)14-21/h2-8,13H,9-12H2,1H3. The van der Waals surface area contributed by atoms with Crippen LogP contribution in [0.2, 0.25) is 0 Å². The van der Waals surface area contributed by atoms with Crippen molar-refractivity contribution in [2.75, 3.05) is 33.3 Å². The molecule has 0 aliphatic carbocycles. The summed E-state index contributed by atoms with van der Waals surface area (Å²) in [5, 5.41) is 8.97. The third-order valence-electron chi connectivity index (χ3n) is 4.43.